The average Bonchev–Trinajstić information content (AvgIpc) is 2.60. The third-order valence-corrected chi connectivity index (χ3v) is 4.60. The highest BCUT2D eigenvalue weighted by Crippen LogP contribution is 2.23. The van der Waals surface area contributed by atoms with Crippen molar-refractivity contribution < 1.29 is 14.3 Å². The molecule has 0 aliphatic carbocycles. The first kappa shape index (κ1) is 17.2. The molecule has 0 N–H and O–H groups in total. The van der Waals surface area contributed by atoms with E-state index >= 15 is 0 Å². The Bertz CT molecular complexity index is 713. The molecule has 4 nitrogen and oxygen atoms in total. The molecule has 2 aromatic rings. The van der Waals surface area contributed by atoms with E-state index in [2.05, 4.69) is 4.98 Å². The predicted octanol–water partition coefficient (Wildman–Crippen LogP) is 4.37. The van der Waals surface area contributed by atoms with E-state index in [4.69, 9.17) is 32.7 Å². The topological polar surface area (TPSA) is 48.4 Å². The molecule has 1 saturated heterocycles. The Morgan fingerprint density at radius 3 is 2.62 bits per heavy atom. The summed E-state index contributed by atoms with van der Waals surface area (Å²) in [5.41, 5.74) is 1.36. The van der Waals surface area contributed by atoms with Gasteiger partial charge < -0.3 is 9.47 Å². The minimum atomic E-state index is -0.0292. The minimum absolute atomic E-state index is 0.0292. The average molecular weight is 366 g/mol. The van der Waals surface area contributed by atoms with Crippen molar-refractivity contribution in [2.75, 3.05) is 13.2 Å². The number of hydrogen-bond donors (Lipinski definition) is 0. The Labute approximate surface area is 150 Å². The first-order valence-corrected chi connectivity index (χ1v) is 8.55. The molecule has 1 fully saturated rings. The van der Waals surface area contributed by atoms with E-state index in [0.29, 0.717) is 34.7 Å². The van der Waals surface area contributed by atoms with Gasteiger partial charge in [-0.15, -0.1) is 0 Å². The molecule has 126 valence electrons. The zero-order valence-corrected chi connectivity index (χ0v) is 14.5. The quantitative estimate of drug-likeness (QED) is 0.738. The van der Waals surface area contributed by atoms with Crippen molar-refractivity contribution in [1.29, 1.82) is 0 Å². The van der Waals surface area contributed by atoms with Gasteiger partial charge in [-0.3, -0.25) is 4.79 Å². The lowest BCUT2D eigenvalue weighted by Crippen LogP contribution is -2.26. The monoisotopic (exact) mass is 365 g/mol. The van der Waals surface area contributed by atoms with Gasteiger partial charge in [0.05, 0.1) is 23.3 Å². The summed E-state index contributed by atoms with van der Waals surface area (Å²) in [6.07, 6.45) is 3.65. The molecule has 0 amide bonds. The Kier molecular flexibility index (Phi) is 5.72. The summed E-state index contributed by atoms with van der Waals surface area (Å²) in [6.45, 7) is 1.43. The van der Waals surface area contributed by atoms with Crippen LogP contribution in [-0.2, 0) is 11.2 Å². The highest BCUT2D eigenvalue weighted by atomic mass is 35.5. The number of hydrogen-bond acceptors (Lipinski definition) is 4. The van der Waals surface area contributed by atoms with Crippen LogP contribution in [0.25, 0.3) is 0 Å². The molecule has 0 radical (unpaired) electrons. The van der Waals surface area contributed by atoms with Crippen LogP contribution < -0.4 is 4.74 Å². The summed E-state index contributed by atoms with van der Waals surface area (Å²) in [6, 6.07) is 8.66. The predicted molar refractivity (Wildman–Crippen MR) is 93.2 cm³/mol. The normalized spacial score (nSPS) is 15.2. The summed E-state index contributed by atoms with van der Waals surface area (Å²) >= 11 is 11.9. The van der Waals surface area contributed by atoms with Crippen molar-refractivity contribution in [2.45, 2.75) is 25.4 Å². The van der Waals surface area contributed by atoms with Gasteiger partial charge in [-0.1, -0.05) is 29.3 Å². The Balaban J connectivity index is 1.61. The van der Waals surface area contributed by atoms with Crippen LogP contribution in [0.5, 0.6) is 5.88 Å². The molecule has 0 atom stereocenters. The van der Waals surface area contributed by atoms with E-state index in [-0.39, 0.29) is 18.3 Å². The Morgan fingerprint density at radius 1 is 1.17 bits per heavy atom. The fraction of sp³-hybridized carbons (Fsp3) is 0.333. The highest BCUT2D eigenvalue weighted by Gasteiger charge is 2.16. The molecule has 1 aliphatic rings. The van der Waals surface area contributed by atoms with E-state index in [1.807, 2.05) is 0 Å². The second kappa shape index (κ2) is 7.97. The molecule has 0 saturated carbocycles. The Morgan fingerprint density at radius 2 is 1.96 bits per heavy atom. The first-order valence-electron chi connectivity index (χ1n) is 7.79. The van der Waals surface area contributed by atoms with Crippen molar-refractivity contribution in [2.24, 2.45) is 0 Å². The molecular weight excluding hydrogens is 349 g/mol. The largest absolute Gasteiger partial charge is 0.474 e. The lowest BCUT2D eigenvalue weighted by atomic mass is 10.0. The van der Waals surface area contributed by atoms with Gasteiger partial charge in [-0.2, -0.15) is 0 Å². The summed E-state index contributed by atoms with van der Waals surface area (Å²) < 4.78 is 11.1. The van der Waals surface area contributed by atoms with Gasteiger partial charge in [0.25, 0.3) is 0 Å². The second-order valence-electron chi connectivity index (χ2n) is 5.66. The number of nitrogens with zero attached hydrogens (tertiary/aromatic N) is 1. The lowest BCUT2D eigenvalue weighted by Gasteiger charge is -2.22. The molecule has 1 aliphatic heterocycles. The van der Waals surface area contributed by atoms with Crippen LogP contribution in [0.1, 0.15) is 28.8 Å². The number of halogens is 2. The Hall–Kier alpha value is -1.62. The summed E-state index contributed by atoms with van der Waals surface area (Å²) in [7, 11) is 0. The van der Waals surface area contributed by atoms with Crippen molar-refractivity contribution in [3.8, 4) is 5.88 Å². The number of pyridine rings is 1. The minimum Gasteiger partial charge on any atom is -0.474 e. The highest BCUT2D eigenvalue weighted by molar-refractivity contribution is 6.42. The van der Waals surface area contributed by atoms with Crippen molar-refractivity contribution in [3.05, 3.63) is 57.7 Å². The van der Waals surface area contributed by atoms with Gasteiger partial charge in [0.2, 0.25) is 5.88 Å². The van der Waals surface area contributed by atoms with Gasteiger partial charge in [-0.05, 0) is 23.8 Å². The van der Waals surface area contributed by atoms with Crippen LogP contribution in [-0.4, -0.2) is 30.1 Å². The SMILES string of the molecule is O=C(Cc1ccc(Cl)c(Cl)c1)c1ccc(OC2CCOCC2)nc1. The number of Topliss-reactive ketones (excluding diaryl/α,β-unsaturated/α-hetero) is 1. The number of ketones is 1. The maximum atomic E-state index is 12.3. The number of aromatic nitrogens is 1. The number of rotatable bonds is 5. The fourth-order valence-corrected chi connectivity index (χ4v) is 2.84. The van der Waals surface area contributed by atoms with E-state index in [1.54, 1.807) is 36.5 Å². The van der Waals surface area contributed by atoms with E-state index < -0.39 is 0 Å². The maximum absolute atomic E-state index is 12.3. The van der Waals surface area contributed by atoms with E-state index in [9.17, 15) is 4.79 Å². The zero-order valence-electron chi connectivity index (χ0n) is 13.0. The molecule has 1 aromatic carbocycles. The fourth-order valence-electron chi connectivity index (χ4n) is 2.52. The molecule has 0 bridgehead atoms. The summed E-state index contributed by atoms with van der Waals surface area (Å²) in [5, 5.41) is 0.921. The third kappa shape index (κ3) is 4.47. The zero-order chi connectivity index (χ0) is 16.9. The molecule has 24 heavy (non-hydrogen) atoms. The van der Waals surface area contributed by atoms with Crippen molar-refractivity contribution in [3.63, 3.8) is 0 Å². The van der Waals surface area contributed by atoms with Crippen molar-refractivity contribution in [1.82, 2.24) is 4.98 Å². The van der Waals surface area contributed by atoms with Gasteiger partial charge in [-0.25, -0.2) is 4.98 Å². The maximum Gasteiger partial charge on any atom is 0.213 e. The molecule has 1 aromatic heterocycles. The molecule has 3 rings (SSSR count). The van der Waals surface area contributed by atoms with Crippen LogP contribution >= 0.6 is 23.2 Å². The molecule has 2 heterocycles. The summed E-state index contributed by atoms with van der Waals surface area (Å²) in [4.78, 5) is 16.6. The lowest BCUT2D eigenvalue weighted by molar-refractivity contribution is 0.0237. The van der Waals surface area contributed by atoms with Crippen LogP contribution in [0.3, 0.4) is 0 Å². The first-order chi connectivity index (χ1) is 11.6. The van der Waals surface area contributed by atoms with Gasteiger partial charge in [0, 0.05) is 37.1 Å². The number of ether oxygens (including phenoxy) is 2. The number of benzene rings is 1. The van der Waals surface area contributed by atoms with Gasteiger partial charge in [0.15, 0.2) is 5.78 Å². The van der Waals surface area contributed by atoms with Crippen LogP contribution in [0.2, 0.25) is 10.0 Å². The number of carbonyl (C=O) groups excluding carboxylic acids is 1. The van der Waals surface area contributed by atoms with Crippen LogP contribution in [0.4, 0.5) is 0 Å². The number of carbonyl (C=O) groups is 1. The third-order valence-electron chi connectivity index (χ3n) is 3.86. The molecule has 0 spiro atoms. The van der Waals surface area contributed by atoms with Crippen LogP contribution in [0.15, 0.2) is 36.5 Å². The van der Waals surface area contributed by atoms with Gasteiger partial charge in [0.1, 0.15) is 6.10 Å². The van der Waals surface area contributed by atoms with E-state index in [0.717, 1.165) is 18.4 Å². The van der Waals surface area contributed by atoms with Crippen LogP contribution in [0, 0.1) is 0 Å². The van der Waals surface area contributed by atoms with E-state index in [1.165, 1.54) is 0 Å². The smallest absolute Gasteiger partial charge is 0.213 e. The molecular formula is C18H17Cl2NO3. The molecule has 0 unspecified atom stereocenters. The van der Waals surface area contributed by atoms with Crippen molar-refractivity contribution >= 4 is 29.0 Å². The van der Waals surface area contributed by atoms with Gasteiger partial charge >= 0.3 is 0 Å². The standard InChI is InChI=1S/C18H17Cl2NO3/c19-15-3-1-12(9-16(15)20)10-17(22)13-2-4-18(21-11-13)24-14-5-7-23-8-6-14/h1-4,9,11,14H,5-8,10H2. The molecule has 6 heteroatoms. The summed E-state index contributed by atoms with van der Waals surface area (Å²) in [5.74, 6) is 0.506. The second-order valence-corrected chi connectivity index (χ2v) is 6.48.